The Morgan fingerprint density at radius 3 is 2.69 bits per heavy atom. The molecule has 2 saturated heterocycles. The van der Waals surface area contributed by atoms with Crippen molar-refractivity contribution in [2.45, 2.75) is 37.3 Å². The first-order valence-electron chi connectivity index (χ1n) is 6.33. The van der Waals surface area contributed by atoms with Crippen LogP contribution < -0.4 is 0 Å². The van der Waals surface area contributed by atoms with Crippen LogP contribution in [0.15, 0.2) is 30.3 Å². The Hall–Kier alpha value is -0.860. The topological polar surface area (TPSA) is 23.5 Å². The van der Waals surface area contributed by atoms with Crippen molar-refractivity contribution in [2.75, 3.05) is 13.1 Å². The van der Waals surface area contributed by atoms with Gasteiger partial charge >= 0.3 is 0 Å². The lowest BCUT2D eigenvalue weighted by Crippen LogP contribution is -2.47. The van der Waals surface area contributed by atoms with Crippen LogP contribution in [0.5, 0.6) is 0 Å². The molecule has 2 aliphatic heterocycles. The molecule has 2 fully saturated rings. The lowest BCUT2D eigenvalue weighted by Gasteiger charge is -2.39. The highest BCUT2D eigenvalue weighted by Crippen LogP contribution is 2.36. The fourth-order valence-electron chi connectivity index (χ4n) is 3.32. The molecule has 1 aromatic rings. The quantitative estimate of drug-likeness (QED) is 0.777. The van der Waals surface area contributed by atoms with Crippen LogP contribution >= 0.6 is 0 Å². The summed E-state index contributed by atoms with van der Waals surface area (Å²) in [6, 6.07) is 10.9. The molecule has 16 heavy (non-hydrogen) atoms. The SMILES string of the molecule is O[C@H]1[C@@H](c2ccccc2)CCN2CCC[C@@H]12. The minimum absolute atomic E-state index is 0.168. The fraction of sp³-hybridized carbons (Fsp3) is 0.571. The van der Waals surface area contributed by atoms with Gasteiger partial charge in [-0.25, -0.2) is 0 Å². The van der Waals surface area contributed by atoms with Crippen molar-refractivity contribution in [3.63, 3.8) is 0 Å². The molecule has 1 aromatic carbocycles. The van der Waals surface area contributed by atoms with Crippen molar-refractivity contribution in [3.8, 4) is 0 Å². The van der Waals surface area contributed by atoms with E-state index in [9.17, 15) is 5.11 Å². The van der Waals surface area contributed by atoms with E-state index in [-0.39, 0.29) is 6.10 Å². The van der Waals surface area contributed by atoms with Crippen molar-refractivity contribution in [3.05, 3.63) is 35.9 Å². The minimum atomic E-state index is -0.168. The minimum Gasteiger partial charge on any atom is -0.391 e. The van der Waals surface area contributed by atoms with Crippen LogP contribution in [0.3, 0.4) is 0 Å². The molecule has 0 saturated carbocycles. The van der Waals surface area contributed by atoms with Gasteiger partial charge in [-0.3, -0.25) is 4.90 Å². The number of piperidine rings is 1. The summed E-state index contributed by atoms with van der Waals surface area (Å²) in [5.74, 6) is 0.348. The molecule has 2 heterocycles. The summed E-state index contributed by atoms with van der Waals surface area (Å²) >= 11 is 0. The molecule has 0 bridgehead atoms. The molecule has 0 radical (unpaired) electrons. The highest BCUT2D eigenvalue weighted by molar-refractivity contribution is 5.22. The van der Waals surface area contributed by atoms with Crippen molar-refractivity contribution in [1.82, 2.24) is 4.90 Å². The summed E-state index contributed by atoms with van der Waals surface area (Å²) in [7, 11) is 0. The Labute approximate surface area is 96.9 Å². The van der Waals surface area contributed by atoms with Gasteiger partial charge in [-0.05, 0) is 37.9 Å². The second kappa shape index (κ2) is 4.19. The molecule has 0 aliphatic carbocycles. The molecule has 2 heteroatoms. The Bertz CT molecular complexity index is 351. The lowest BCUT2D eigenvalue weighted by atomic mass is 9.83. The fourth-order valence-corrected chi connectivity index (χ4v) is 3.32. The molecule has 0 aromatic heterocycles. The molecule has 0 amide bonds. The highest BCUT2D eigenvalue weighted by Gasteiger charge is 2.39. The van der Waals surface area contributed by atoms with Gasteiger partial charge in [0.15, 0.2) is 0 Å². The molecule has 1 N–H and O–H groups in total. The molecule has 0 spiro atoms. The third-order valence-electron chi connectivity index (χ3n) is 4.18. The van der Waals surface area contributed by atoms with Gasteiger partial charge in [-0.15, -0.1) is 0 Å². The number of rotatable bonds is 1. The summed E-state index contributed by atoms with van der Waals surface area (Å²) in [5, 5.41) is 10.5. The largest absolute Gasteiger partial charge is 0.391 e. The maximum absolute atomic E-state index is 10.5. The number of benzene rings is 1. The average molecular weight is 217 g/mol. The van der Waals surface area contributed by atoms with E-state index in [1.807, 2.05) is 6.07 Å². The lowest BCUT2D eigenvalue weighted by molar-refractivity contribution is 0.0162. The highest BCUT2D eigenvalue weighted by atomic mass is 16.3. The van der Waals surface area contributed by atoms with E-state index in [1.165, 1.54) is 24.9 Å². The van der Waals surface area contributed by atoms with Crippen LogP contribution in [0.2, 0.25) is 0 Å². The Morgan fingerprint density at radius 2 is 1.88 bits per heavy atom. The van der Waals surface area contributed by atoms with Crippen molar-refractivity contribution in [2.24, 2.45) is 0 Å². The summed E-state index contributed by atoms with van der Waals surface area (Å²) in [6.07, 6.45) is 3.36. The van der Waals surface area contributed by atoms with E-state index < -0.39 is 0 Å². The normalized spacial score (nSPS) is 34.9. The molecule has 2 nitrogen and oxygen atoms in total. The first kappa shape index (κ1) is 10.3. The molecular formula is C14H19NO. The van der Waals surface area contributed by atoms with Crippen molar-refractivity contribution < 1.29 is 5.11 Å². The van der Waals surface area contributed by atoms with Gasteiger partial charge < -0.3 is 5.11 Å². The predicted molar refractivity (Wildman–Crippen MR) is 64.4 cm³/mol. The van der Waals surface area contributed by atoms with Crippen LogP contribution in [0.1, 0.15) is 30.7 Å². The van der Waals surface area contributed by atoms with Gasteiger partial charge in [-0.1, -0.05) is 30.3 Å². The maximum atomic E-state index is 10.5. The standard InChI is InChI=1S/C14H19NO/c16-14-12(11-5-2-1-3-6-11)8-10-15-9-4-7-13(14)15/h1-3,5-6,12-14,16H,4,7-10H2/t12-,13+,14+/m1/s1. The van der Waals surface area contributed by atoms with Gasteiger partial charge in [0.25, 0.3) is 0 Å². The first-order chi connectivity index (χ1) is 7.86. The molecular weight excluding hydrogens is 198 g/mol. The summed E-state index contributed by atoms with van der Waals surface area (Å²) < 4.78 is 0. The summed E-state index contributed by atoms with van der Waals surface area (Å²) in [4.78, 5) is 2.46. The van der Waals surface area contributed by atoms with E-state index in [1.54, 1.807) is 0 Å². The van der Waals surface area contributed by atoms with Crippen LogP contribution in [0, 0.1) is 0 Å². The van der Waals surface area contributed by atoms with E-state index in [2.05, 4.69) is 29.2 Å². The summed E-state index contributed by atoms with van der Waals surface area (Å²) in [6.45, 7) is 2.34. The van der Waals surface area contributed by atoms with Crippen molar-refractivity contribution >= 4 is 0 Å². The third-order valence-corrected chi connectivity index (χ3v) is 4.18. The Kier molecular flexibility index (Phi) is 2.70. The van der Waals surface area contributed by atoms with Gasteiger partial charge in [-0.2, -0.15) is 0 Å². The van der Waals surface area contributed by atoms with Gasteiger partial charge in [0.2, 0.25) is 0 Å². The monoisotopic (exact) mass is 217 g/mol. The number of nitrogens with zero attached hydrogens (tertiary/aromatic N) is 1. The first-order valence-corrected chi connectivity index (χ1v) is 6.33. The van der Waals surface area contributed by atoms with Gasteiger partial charge in [0.05, 0.1) is 6.10 Å². The number of aliphatic hydroxyl groups is 1. The van der Waals surface area contributed by atoms with Gasteiger partial charge in [0.1, 0.15) is 0 Å². The third kappa shape index (κ3) is 1.66. The number of hydrogen-bond acceptors (Lipinski definition) is 2. The smallest absolute Gasteiger partial charge is 0.0764 e. The number of aliphatic hydroxyl groups excluding tert-OH is 1. The second-order valence-electron chi connectivity index (χ2n) is 5.04. The molecule has 0 unspecified atom stereocenters. The number of hydrogen-bond donors (Lipinski definition) is 1. The zero-order chi connectivity index (χ0) is 11.0. The maximum Gasteiger partial charge on any atom is 0.0764 e. The molecule has 3 atom stereocenters. The van der Waals surface area contributed by atoms with Crippen LogP contribution in [-0.2, 0) is 0 Å². The molecule has 86 valence electrons. The van der Waals surface area contributed by atoms with E-state index in [0.29, 0.717) is 12.0 Å². The second-order valence-corrected chi connectivity index (χ2v) is 5.04. The van der Waals surface area contributed by atoms with Crippen LogP contribution in [0.4, 0.5) is 0 Å². The van der Waals surface area contributed by atoms with E-state index >= 15 is 0 Å². The zero-order valence-corrected chi connectivity index (χ0v) is 9.55. The van der Waals surface area contributed by atoms with Crippen molar-refractivity contribution in [1.29, 1.82) is 0 Å². The predicted octanol–water partition coefficient (Wildman–Crippen LogP) is 2.00. The Morgan fingerprint density at radius 1 is 1.06 bits per heavy atom. The number of fused-ring (bicyclic) bond motifs is 1. The van der Waals surface area contributed by atoms with Gasteiger partial charge in [0, 0.05) is 12.0 Å². The van der Waals surface area contributed by atoms with Crippen LogP contribution in [-0.4, -0.2) is 35.2 Å². The zero-order valence-electron chi connectivity index (χ0n) is 9.55. The Balaban J connectivity index is 1.82. The van der Waals surface area contributed by atoms with Crippen LogP contribution in [0.25, 0.3) is 0 Å². The molecule has 3 rings (SSSR count). The molecule has 2 aliphatic rings. The summed E-state index contributed by atoms with van der Waals surface area (Å²) in [5.41, 5.74) is 1.31. The van der Waals surface area contributed by atoms with E-state index in [4.69, 9.17) is 0 Å². The van der Waals surface area contributed by atoms with E-state index in [0.717, 1.165) is 13.0 Å². The average Bonchev–Trinajstić information content (AvgIpc) is 2.80.